The molecule has 0 bridgehead atoms. The molecule has 1 saturated heterocycles. The lowest BCUT2D eigenvalue weighted by molar-refractivity contribution is -0.118. The normalized spacial score (nSPS) is 20.0. The topological polar surface area (TPSA) is 163 Å². The van der Waals surface area contributed by atoms with Crippen LogP contribution in [0, 0.1) is 3.57 Å². The summed E-state index contributed by atoms with van der Waals surface area (Å²) in [6, 6.07) is 9.48. The van der Waals surface area contributed by atoms with Crippen LogP contribution >= 0.6 is 22.6 Å². The van der Waals surface area contributed by atoms with Gasteiger partial charge in [0.1, 0.15) is 12.2 Å². The largest absolute Gasteiger partial charge is 0.493 e. The molecule has 47 heavy (non-hydrogen) atoms. The first-order valence-electron chi connectivity index (χ1n) is 15.4. The van der Waals surface area contributed by atoms with Gasteiger partial charge in [-0.1, -0.05) is 12.1 Å². The quantitative estimate of drug-likeness (QED) is 0.188. The highest BCUT2D eigenvalue weighted by atomic mass is 127. The second-order valence-electron chi connectivity index (χ2n) is 11.2. The Kier molecular flexibility index (Phi) is 12.0. The highest BCUT2D eigenvalue weighted by Crippen LogP contribution is 2.38. The van der Waals surface area contributed by atoms with Gasteiger partial charge >= 0.3 is 0 Å². The van der Waals surface area contributed by atoms with Crippen LogP contribution in [0.3, 0.4) is 0 Å². The van der Waals surface area contributed by atoms with Crippen molar-refractivity contribution in [1.29, 1.82) is 0 Å². The predicted octanol–water partition coefficient (Wildman–Crippen LogP) is 1.94. The van der Waals surface area contributed by atoms with Crippen molar-refractivity contribution in [2.24, 2.45) is 0 Å². The van der Waals surface area contributed by atoms with Crippen LogP contribution < -0.4 is 19.5 Å². The molecule has 254 valence electrons. The Balaban J connectivity index is 1.53. The van der Waals surface area contributed by atoms with Crippen LogP contribution in [-0.4, -0.2) is 122 Å². The first kappa shape index (κ1) is 34.9. The minimum atomic E-state index is -1.27. The fraction of sp³-hybridized carbons (Fsp3) is 0.455. The number of hydrogen-bond donors (Lipinski definition) is 4. The second kappa shape index (κ2) is 16.1. The van der Waals surface area contributed by atoms with E-state index in [1.807, 2.05) is 6.07 Å². The predicted molar refractivity (Wildman–Crippen MR) is 180 cm³/mol. The van der Waals surface area contributed by atoms with Gasteiger partial charge in [0.15, 0.2) is 28.6 Å². The minimum absolute atomic E-state index is 0.0222. The number of rotatable bonds is 13. The van der Waals surface area contributed by atoms with E-state index in [-0.39, 0.29) is 44.1 Å². The summed E-state index contributed by atoms with van der Waals surface area (Å²) >= 11 is 2.06. The molecule has 1 aromatic heterocycles. The molecule has 3 atom stereocenters. The van der Waals surface area contributed by atoms with Crippen LogP contribution in [-0.2, 0) is 16.1 Å². The smallest absolute Gasteiger partial charge is 0.290 e. The van der Waals surface area contributed by atoms with Crippen LogP contribution in [0.25, 0.3) is 11.0 Å². The third-order valence-electron chi connectivity index (χ3n) is 8.30. The zero-order valence-electron chi connectivity index (χ0n) is 26.3. The molecule has 2 aliphatic rings. The number of ether oxygens (including phenoxy) is 4. The number of carbonyl (C=O) groups excluding carboxylic acids is 2. The van der Waals surface area contributed by atoms with Crippen molar-refractivity contribution in [3.8, 4) is 17.2 Å². The Morgan fingerprint density at radius 1 is 1.11 bits per heavy atom. The molecule has 0 radical (unpaired) electrons. The van der Waals surface area contributed by atoms with E-state index >= 15 is 0 Å². The van der Waals surface area contributed by atoms with E-state index in [1.165, 1.54) is 14.2 Å². The van der Waals surface area contributed by atoms with Gasteiger partial charge in [0.2, 0.25) is 5.91 Å². The van der Waals surface area contributed by atoms with Gasteiger partial charge in [0.25, 0.3) is 5.91 Å². The van der Waals surface area contributed by atoms with Crippen molar-refractivity contribution in [3.63, 3.8) is 0 Å². The van der Waals surface area contributed by atoms with Crippen molar-refractivity contribution >= 4 is 45.4 Å². The Bertz CT molecular complexity index is 1590. The number of nitrogens with zero attached hydrogens (tertiary/aromatic N) is 2. The minimum Gasteiger partial charge on any atom is -0.493 e. The summed E-state index contributed by atoms with van der Waals surface area (Å²) in [6.07, 6.45) is -0.774. The summed E-state index contributed by atoms with van der Waals surface area (Å²) in [5.74, 6) is 0.289. The third kappa shape index (κ3) is 8.01. The summed E-state index contributed by atoms with van der Waals surface area (Å²) in [5, 5.41) is 34.3. The van der Waals surface area contributed by atoms with Crippen LogP contribution in [0.2, 0.25) is 0 Å². The molecule has 0 saturated carbocycles. The van der Waals surface area contributed by atoms with E-state index in [1.54, 1.807) is 41.3 Å². The molecular weight excluding hydrogens is 725 g/mol. The number of morpholine rings is 1. The molecule has 1 aliphatic carbocycles. The number of nitrogens with one attached hydrogen (secondary N) is 1. The molecule has 5 rings (SSSR count). The van der Waals surface area contributed by atoms with Crippen molar-refractivity contribution in [2.75, 3.05) is 66.8 Å². The number of furan rings is 1. The summed E-state index contributed by atoms with van der Waals surface area (Å²) < 4.78 is 29.5. The van der Waals surface area contributed by atoms with Gasteiger partial charge in [-0.15, -0.1) is 0 Å². The number of hydrogen-bond acceptors (Lipinski definition) is 11. The molecule has 1 fully saturated rings. The van der Waals surface area contributed by atoms with E-state index in [9.17, 15) is 24.9 Å². The highest BCUT2D eigenvalue weighted by Gasteiger charge is 2.42. The van der Waals surface area contributed by atoms with Gasteiger partial charge in [-0.3, -0.25) is 14.5 Å². The van der Waals surface area contributed by atoms with Gasteiger partial charge in [-0.05, 0) is 58.5 Å². The number of carbonyl (C=O) groups is 2. The summed E-state index contributed by atoms with van der Waals surface area (Å²) in [6.45, 7) is 2.83. The maximum atomic E-state index is 14.4. The van der Waals surface area contributed by atoms with E-state index in [2.05, 4.69) is 32.8 Å². The number of para-hydroxylation sites is 1. The molecule has 13 nitrogen and oxygen atoms in total. The summed E-state index contributed by atoms with van der Waals surface area (Å²) in [5.41, 5.74) is 1.33. The van der Waals surface area contributed by atoms with Crippen LogP contribution in [0.1, 0.15) is 22.5 Å². The maximum absolute atomic E-state index is 14.4. The van der Waals surface area contributed by atoms with E-state index in [0.29, 0.717) is 70.2 Å². The number of benzene rings is 2. The number of aliphatic hydroxyl groups excluding tert-OH is 3. The van der Waals surface area contributed by atoms with Crippen LogP contribution in [0.15, 0.2) is 52.5 Å². The Morgan fingerprint density at radius 2 is 1.87 bits per heavy atom. The fourth-order valence-corrected chi connectivity index (χ4v) is 6.62. The average Bonchev–Trinajstić information content (AvgIpc) is 3.54. The lowest BCUT2D eigenvalue weighted by Gasteiger charge is -2.41. The monoisotopic (exact) mass is 765 g/mol. The van der Waals surface area contributed by atoms with E-state index in [4.69, 9.17) is 23.4 Å². The molecule has 1 aliphatic heterocycles. The second-order valence-corrected chi connectivity index (χ2v) is 12.4. The van der Waals surface area contributed by atoms with Gasteiger partial charge in [-0.2, -0.15) is 0 Å². The third-order valence-corrected chi connectivity index (χ3v) is 9.10. The fourth-order valence-electron chi connectivity index (χ4n) is 5.83. The molecule has 4 N–H and O–H groups in total. The van der Waals surface area contributed by atoms with E-state index < -0.39 is 30.1 Å². The Morgan fingerprint density at radius 3 is 2.57 bits per heavy atom. The zero-order chi connectivity index (χ0) is 33.5. The zero-order valence-corrected chi connectivity index (χ0v) is 28.5. The maximum Gasteiger partial charge on any atom is 0.290 e. The van der Waals surface area contributed by atoms with Crippen molar-refractivity contribution in [3.05, 3.63) is 62.9 Å². The van der Waals surface area contributed by atoms with Crippen molar-refractivity contribution in [1.82, 2.24) is 15.1 Å². The molecule has 3 unspecified atom stereocenters. The molecule has 2 heterocycles. The molecule has 0 spiro atoms. The average molecular weight is 766 g/mol. The van der Waals surface area contributed by atoms with Crippen LogP contribution in [0.4, 0.5) is 0 Å². The number of amides is 2. The standard InChI is InChI=1S/C33H40IN3O10/c1-43-25-5-3-4-21-17-28(47-30(21)25)33(42)37(8-7-36-9-12-45-13-10-36)24-16-22(32(41)35-6-11-38)18-26(29(24)40)46-31-23(34)14-20(19-39)15-27(31)44-2/h3-5,14-15,17-18,24,26,29,38-40H,6-13,16,19H2,1-2H3,(H,35,41). The molecule has 3 aromatic rings. The Hall–Kier alpha value is -3.41. The molecular formula is C33H40IN3O10. The van der Waals surface area contributed by atoms with Gasteiger partial charge in [-0.25, -0.2) is 0 Å². The Labute approximate surface area is 286 Å². The number of methoxy groups -OCH3 is 2. The first-order valence-corrected chi connectivity index (χ1v) is 16.4. The van der Waals surface area contributed by atoms with E-state index in [0.717, 1.165) is 0 Å². The molecule has 2 amide bonds. The van der Waals surface area contributed by atoms with Gasteiger partial charge in [0, 0.05) is 50.1 Å². The SMILES string of the molecule is COc1cc(CO)cc(I)c1OC1C=C(C(=O)NCCO)CC(N(CCN2CCOCC2)C(=O)c2cc3cccc(OC)c3o2)C1O. The number of aliphatic hydroxyl groups is 3. The summed E-state index contributed by atoms with van der Waals surface area (Å²) in [4.78, 5) is 31.4. The number of fused-ring (bicyclic) bond motifs is 1. The van der Waals surface area contributed by atoms with Crippen molar-refractivity contribution < 1.29 is 48.3 Å². The van der Waals surface area contributed by atoms with Gasteiger partial charge in [0.05, 0.1) is 50.3 Å². The summed E-state index contributed by atoms with van der Waals surface area (Å²) in [7, 11) is 2.99. The van der Waals surface area contributed by atoms with Gasteiger partial charge < -0.3 is 48.9 Å². The number of halogens is 1. The van der Waals surface area contributed by atoms with Crippen molar-refractivity contribution in [2.45, 2.75) is 31.3 Å². The highest BCUT2D eigenvalue weighted by molar-refractivity contribution is 14.1. The lowest BCUT2D eigenvalue weighted by Crippen LogP contribution is -2.56. The molecule has 14 heteroatoms. The lowest BCUT2D eigenvalue weighted by atomic mass is 9.88. The van der Waals surface area contributed by atoms with Crippen LogP contribution in [0.5, 0.6) is 17.2 Å². The first-order chi connectivity index (χ1) is 22.8. The molecule has 2 aromatic carbocycles.